The first kappa shape index (κ1) is 8.33. The lowest BCUT2D eigenvalue weighted by atomic mass is 10.2. The Morgan fingerprint density at radius 1 is 1.45 bits per heavy atom. The van der Waals surface area contributed by atoms with Crippen LogP contribution < -0.4 is 0 Å². The zero-order chi connectivity index (χ0) is 8.27. The maximum absolute atomic E-state index is 10.5. The minimum atomic E-state index is -0.925. The highest BCUT2D eigenvalue weighted by Crippen LogP contribution is 2.09. The molecular formula is C7H13NO3. The molecule has 1 rings (SSSR count). The molecule has 1 aliphatic heterocycles. The standard InChI is InChI=1S/C7H13NO3/c9-6-3-1-2-4-8(5-6)7(10)11/h6,9H,1-5H2,(H,10,11). The minimum Gasteiger partial charge on any atom is -0.465 e. The van der Waals surface area contributed by atoms with Crippen molar-refractivity contribution in [3.63, 3.8) is 0 Å². The molecule has 11 heavy (non-hydrogen) atoms. The number of aliphatic hydroxyl groups excluding tert-OH is 1. The number of carboxylic acid groups (broad SMARTS) is 1. The maximum Gasteiger partial charge on any atom is 0.407 e. The van der Waals surface area contributed by atoms with E-state index in [-0.39, 0.29) is 6.54 Å². The van der Waals surface area contributed by atoms with E-state index in [1.165, 1.54) is 4.90 Å². The lowest BCUT2D eigenvalue weighted by molar-refractivity contribution is 0.104. The molecule has 1 fully saturated rings. The summed E-state index contributed by atoms with van der Waals surface area (Å²) in [4.78, 5) is 11.7. The summed E-state index contributed by atoms with van der Waals surface area (Å²) in [6.45, 7) is 0.835. The van der Waals surface area contributed by atoms with Gasteiger partial charge in [-0.2, -0.15) is 0 Å². The molecule has 1 heterocycles. The van der Waals surface area contributed by atoms with Gasteiger partial charge >= 0.3 is 6.09 Å². The van der Waals surface area contributed by atoms with Crippen LogP contribution in [0.5, 0.6) is 0 Å². The Morgan fingerprint density at radius 3 is 2.82 bits per heavy atom. The van der Waals surface area contributed by atoms with Crippen LogP contribution in [0.15, 0.2) is 0 Å². The SMILES string of the molecule is O=C(O)N1CCCCC(O)C1. The van der Waals surface area contributed by atoms with Crippen LogP contribution >= 0.6 is 0 Å². The summed E-state index contributed by atoms with van der Waals surface area (Å²) in [7, 11) is 0. The van der Waals surface area contributed by atoms with Gasteiger partial charge in [0, 0.05) is 13.1 Å². The van der Waals surface area contributed by atoms with Gasteiger partial charge in [-0.1, -0.05) is 0 Å². The number of likely N-dealkylation sites (tertiary alicyclic amines) is 1. The Hall–Kier alpha value is -0.770. The smallest absolute Gasteiger partial charge is 0.407 e. The van der Waals surface area contributed by atoms with Crippen LogP contribution in [-0.2, 0) is 0 Å². The van der Waals surface area contributed by atoms with E-state index < -0.39 is 12.2 Å². The predicted octanol–water partition coefficient (Wildman–Crippen LogP) is 0.511. The van der Waals surface area contributed by atoms with E-state index in [2.05, 4.69) is 0 Å². The molecule has 0 saturated carbocycles. The topological polar surface area (TPSA) is 60.8 Å². The second kappa shape index (κ2) is 3.57. The second-order valence-corrected chi connectivity index (χ2v) is 2.88. The van der Waals surface area contributed by atoms with Gasteiger partial charge in [-0.3, -0.25) is 0 Å². The van der Waals surface area contributed by atoms with Gasteiger partial charge in [-0.05, 0) is 19.3 Å². The van der Waals surface area contributed by atoms with E-state index in [1.807, 2.05) is 0 Å². The van der Waals surface area contributed by atoms with Crippen LogP contribution in [0.2, 0.25) is 0 Å². The molecule has 1 aliphatic rings. The van der Waals surface area contributed by atoms with Crippen molar-refractivity contribution >= 4 is 6.09 Å². The summed E-state index contributed by atoms with van der Waals surface area (Å²) in [5.74, 6) is 0. The molecule has 64 valence electrons. The Bertz CT molecular complexity index is 149. The second-order valence-electron chi connectivity index (χ2n) is 2.88. The van der Waals surface area contributed by atoms with Crippen LogP contribution in [-0.4, -0.2) is 40.4 Å². The quantitative estimate of drug-likeness (QED) is 0.541. The lowest BCUT2D eigenvalue weighted by Gasteiger charge is -2.17. The molecule has 1 atom stereocenters. The fourth-order valence-electron chi connectivity index (χ4n) is 1.29. The van der Waals surface area contributed by atoms with Gasteiger partial charge in [-0.15, -0.1) is 0 Å². The van der Waals surface area contributed by atoms with Gasteiger partial charge in [-0.25, -0.2) is 4.79 Å². The number of rotatable bonds is 0. The van der Waals surface area contributed by atoms with Crippen molar-refractivity contribution in [2.45, 2.75) is 25.4 Å². The molecule has 0 aromatic rings. The molecule has 4 heteroatoms. The zero-order valence-corrected chi connectivity index (χ0v) is 6.36. The molecule has 0 aliphatic carbocycles. The van der Waals surface area contributed by atoms with E-state index in [0.717, 1.165) is 19.3 Å². The number of carbonyl (C=O) groups is 1. The fourth-order valence-corrected chi connectivity index (χ4v) is 1.29. The number of aliphatic hydroxyl groups is 1. The molecule has 1 unspecified atom stereocenters. The van der Waals surface area contributed by atoms with E-state index in [1.54, 1.807) is 0 Å². The summed E-state index contributed by atoms with van der Waals surface area (Å²) >= 11 is 0. The van der Waals surface area contributed by atoms with E-state index in [0.29, 0.717) is 6.54 Å². The van der Waals surface area contributed by atoms with Crippen LogP contribution in [0.1, 0.15) is 19.3 Å². The van der Waals surface area contributed by atoms with E-state index in [4.69, 9.17) is 5.11 Å². The highest BCUT2D eigenvalue weighted by atomic mass is 16.4. The van der Waals surface area contributed by atoms with Gasteiger partial charge in [0.1, 0.15) is 0 Å². The van der Waals surface area contributed by atoms with Crippen molar-refractivity contribution < 1.29 is 15.0 Å². The van der Waals surface area contributed by atoms with Crippen LogP contribution in [0.3, 0.4) is 0 Å². The highest BCUT2D eigenvalue weighted by molar-refractivity contribution is 5.64. The Balaban J connectivity index is 2.45. The van der Waals surface area contributed by atoms with E-state index in [9.17, 15) is 9.90 Å². The number of amides is 1. The van der Waals surface area contributed by atoms with Crippen LogP contribution in [0, 0.1) is 0 Å². The third kappa shape index (κ3) is 2.38. The maximum atomic E-state index is 10.5. The summed E-state index contributed by atoms with van der Waals surface area (Å²) in [5.41, 5.74) is 0. The largest absolute Gasteiger partial charge is 0.465 e. The Kier molecular flexibility index (Phi) is 2.70. The molecule has 1 saturated heterocycles. The number of nitrogens with zero attached hydrogens (tertiary/aromatic N) is 1. The molecule has 0 radical (unpaired) electrons. The zero-order valence-electron chi connectivity index (χ0n) is 6.36. The van der Waals surface area contributed by atoms with Crippen LogP contribution in [0.4, 0.5) is 4.79 Å². The van der Waals surface area contributed by atoms with Crippen molar-refractivity contribution in [3.05, 3.63) is 0 Å². The van der Waals surface area contributed by atoms with Crippen molar-refractivity contribution in [2.24, 2.45) is 0 Å². The van der Waals surface area contributed by atoms with Crippen molar-refractivity contribution in [2.75, 3.05) is 13.1 Å². The van der Waals surface area contributed by atoms with Gasteiger partial charge in [0.25, 0.3) is 0 Å². The lowest BCUT2D eigenvalue weighted by Crippen LogP contribution is -2.35. The molecular weight excluding hydrogens is 146 g/mol. The highest BCUT2D eigenvalue weighted by Gasteiger charge is 2.18. The molecule has 0 spiro atoms. The van der Waals surface area contributed by atoms with Crippen molar-refractivity contribution in [3.8, 4) is 0 Å². The summed E-state index contributed by atoms with van der Waals surface area (Å²) in [6, 6.07) is 0. The predicted molar refractivity (Wildman–Crippen MR) is 39.5 cm³/mol. The van der Waals surface area contributed by atoms with Crippen molar-refractivity contribution in [1.82, 2.24) is 4.90 Å². The normalized spacial score (nSPS) is 26.3. The number of hydrogen-bond acceptors (Lipinski definition) is 2. The Morgan fingerprint density at radius 2 is 2.18 bits per heavy atom. The molecule has 0 aromatic heterocycles. The summed E-state index contributed by atoms with van der Waals surface area (Å²) in [5, 5.41) is 17.8. The first-order valence-electron chi connectivity index (χ1n) is 3.86. The molecule has 0 bridgehead atoms. The van der Waals surface area contributed by atoms with Gasteiger partial charge in [0.05, 0.1) is 6.10 Å². The van der Waals surface area contributed by atoms with Gasteiger partial charge in [0.2, 0.25) is 0 Å². The summed E-state index contributed by atoms with van der Waals surface area (Å²) in [6.07, 6.45) is 1.12. The average Bonchev–Trinajstić information content (AvgIpc) is 2.13. The van der Waals surface area contributed by atoms with Crippen molar-refractivity contribution in [1.29, 1.82) is 0 Å². The third-order valence-corrected chi connectivity index (χ3v) is 1.92. The Labute approximate surface area is 65.4 Å². The van der Waals surface area contributed by atoms with E-state index >= 15 is 0 Å². The van der Waals surface area contributed by atoms with Crippen LogP contribution in [0.25, 0.3) is 0 Å². The third-order valence-electron chi connectivity index (χ3n) is 1.92. The molecule has 1 amide bonds. The van der Waals surface area contributed by atoms with Gasteiger partial charge in [0.15, 0.2) is 0 Å². The number of β-amino-alcohol motifs (C(OH)–C–C–N with tert-alkyl or cyclic N) is 1. The first-order chi connectivity index (χ1) is 5.20. The molecule has 2 N–H and O–H groups in total. The first-order valence-corrected chi connectivity index (χ1v) is 3.86. The fraction of sp³-hybridized carbons (Fsp3) is 0.857. The monoisotopic (exact) mass is 159 g/mol. The van der Waals surface area contributed by atoms with Gasteiger partial charge < -0.3 is 15.1 Å². The number of hydrogen-bond donors (Lipinski definition) is 2. The summed E-state index contributed by atoms with van der Waals surface area (Å²) < 4.78 is 0. The molecule has 4 nitrogen and oxygen atoms in total. The molecule has 0 aromatic carbocycles. The minimum absolute atomic E-state index is 0.273. The average molecular weight is 159 g/mol.